The Morgan fingerprint density at radius 1 is 1.25 bits per heavy atom. The highest BCUT2D eigenvalue weighted by Gasteiger charge is 2.41. The predicted molar refractivity (Wildman–Crippen MR) is 107 cm³/mol. The molecule has 1 heterocycles. The molecule has 2 atom stereocenters. The lowest BCUT2D eigenvalue weighted by molar-refractivity contribution is -0.143. The summed E-state index contributed by atoms with van der Waals surface area (Å²) in [4.78, 5) is 31.8. The topological polar surface area (TPSA) is 89.9 Å². The number of hydrogen-bond donors (Lipinski definition) is 1. The molecule has 1 aliphatic carbocycles. The Hall–Kier alpha value is -1.27. The van der Waals surface area contributed by atoms with E-state index in [1.807, 2.05) is 0 Å². The number of ketones is 2. The Morgan fingerprint density at radius 2 is 1.86 bits per heavy atom. The molecule has 1 saturated heterocycles. The first-order chi connectivity index (χ1) is 13.1. The molecule has 0 aromatic carbocycles. The number of Topliss-reactive ketones (excluding diaryl/α,β-unsaturated/α-hetero) is 2. The van der Waals surface area contributed by atoms with Crippen LogP contribution < -0.4 is 0 Å². The molecule has 162 valence electrons. The molecule has 0 radical (unpaired) electrons. The van der Waals surface area contributed by atoms with E-state index in [1.54, 1.807) is 0 Å². The van der Waals surface area contributed by atoms with Crippen LogP contribution in [0.1, 0.15) is 79.1 Å². The van der Waals surface area contributed by atoms with E-state index in [1.165, 1.54) is 0 Å². The molecule has 2 fully saturated rings. The van der Waals surface area contributed by atoms with Gasteiger partial charge in [-0.2, -0.15) is 0 Å². The van der Waals surface area contributed by atoms with Crippen molar-refractivity contribution in [1.82, 2.24) is 0 Å². The smallest absolute Gasteiger partial charge is 0.290 e. The quantitative estimate of drug-likeness (QED) is 0.651. The summed E-state index contributed by atoms with van der Waals surface area (Å²) >= 11 is 0. The van der Waals surface area contributed by atoms with Crippen LogP contribution in [0.2, 0.25) is 0 Å². The van der Waals surface area contributed by atoms with Crippen LogP contribution in [0.3, 0.4) is 0 Å². The van der Waals surface area contributed by atoms with Gasteiger partial charge >= 0.3 is 0 Å². The average molecular weight is 399 g/mol. The molecule has 0 bridgehead atoms. The van der Waals surface area contributed by atoms with Crippen LogP contribution in [0, 0.1) is 16.7 Å². The third-order valence-corrected chi connectivity index (χ3v) is 5.92. The molecular formula is C22H38O6. The fraction of sp³-hybridized carbons (Fsp3) is 0.864. The van der Waals surface area contributed by atoms with Gasteiger partial charge in [-0.15, -0.1) is 0 Å². The largest absolute Gasteiger partial charge is 0.483 e. The summed E-state index contributed by atoms with van der Waals surface area (Å²) in [7, 11) is 0. The van der Waals surface area contributed by atoms with Crippen LogP contribution in [-0.2, 0) is 23.9 Å². The fourth-order valence-electron chi connectivity index (χ4n) is 4.09. The minimum absolute atomic E-state index is 0.0922. The molecule has 6 heteroatoms. The van der Waals surface area contributed by atoms with Crippen molar-refractivity contribution < 1.29 is 29.0 Å². The monoisotopic (exact) mass is 398 g/mol. The Balaban J connectivity index is 0.00000122. The fourth-order valence-corrected chi connectivity index (χ4v) is 4.09. The van der Waals surface area contributed by atoms with Gasteiger partial charge in [-0.05, 0) is 37.0 Å². The Kier molecular flexibility index (Phi) is 10.3. The van der Waals surface area contributed by atoms with E-state index < -0.39 is 0 Å². The minimum atomic E-state index is -0.250. The number of carbonyl (C=O) groups is 3. The zero-order valence-corrected chi connectivity index (χ0v) is 18.0. The maximum absolute atomic E-state index is 12.1. The zero-order chi connectivity index (χ0) is 21.2. The maximum Gasteiger partial charge on any atom is 0.290 e. The van der Waals surface area contributed by atoms with Crippen molar-refractivity contribution in [3.8, 4) is 0 Å². The van der Waals surface area contributed by atoms with Crippen LogP contribution in [-0.4, -0.2) is 49.1 Å². The highest BCUT2D eigenvalue weighted by Crippen LogP contribution is 2.41. The standard InChI is InChI=1S/C21H36O4.CH2O2/c1-16(13-25-19-8-6-17(22)7-9-19)21(11-5-10-20(2,3)4)12-18(23)14-24-15-21;2-1-3/h16,19H,5-15H2,1-4H3;1H,(H,2,3). The molecule has 1 aliphatic heterocycles. The summed E-state index contributed by atoms with van der Waals surface area (Å²) in [5.74, 6) is 0.865. The van der Waals surface area contributed by atoms with Crippen molar-refractivity contribution in [3.63, 3.8) is 0 Å². The normalized spacial score (nSPS) is 25.0. The molecule has 6 nitrogen and oxygen atoms in total. The molecule has 28 heavy (non-hydrogen) atoms. The summed E-state index contributed by atoms with van der Waals surface area (Å²) in [6.07, 6.45) is 7.09. The number of rotatable bonds is 7. The van der Waals surface area contributed by atoms with Crippen LogP contribution in [0.25, 0.3) is 0 Å². The first kappa shape index (κ1) is 24.8. The second kappa shape index (κ2) is 11.7. The van der Waals surface area contributed by atoms with Gasteiger partial charge in [0.05, 0.1) is 19.3 Å². The summed E-state index contributed by atoms with van der Waals surface area (Å²) in [5.41, 5.74) is 0.222. The van der Waals surface area contributed by atoms with Gasteiger partial charge < -0.3 is 14.6 Å². The summed E-state index contributed by atoms with van der Waals surface area (Å²) in [5, 5.41) is 6.89. The van der Waals surface area contributed by atoms with Crippen molar-refractivity contribution in [3.05, 3.63) is 0 Å². The molecule has 1 N–H and O–H groups in total. The predicted octanol–water partition coefficient (Wildman–Crippen LogP) is 4.04. The number of ether oxygens (including phenoxy) is 2. The maximum atomic E-state index is 12.1. The average Bonchev–Trinajstić information content (AvgIpc) is 2.60. The van der Waals surface area contributed by atoms with Crippen LogP contribution in [0.5, 0.6) is 0 Å². The minimum Gasteiger partial charge on any atom is -0.483 e. The van der Waals surface area contributed by atoms with Gasteiger partial charge in [-0.1, -0.05) is 34.1 Å². The molecule has 0 aromatic rings. The van der Waals surface area contributed by atoms with Crippen molar-refractivity contribution in [2.75, 3.05) is 19.8 Å². The highest BCUT2D eigenvalue weighted by molar-refractivity contribution is 5.81. The molecule has 2 rings (SSSR count). The summed E-state index contributed by atoms with van der Waals surface area (Å²) in [6.45, 7) is 10.3. The second-order valence-electron chi connectivity index (χ2n) is 9.56. The van der Waals surface area contributed by atoms with Crippen molar-refractivity contribution in [2.24, 2.45) is 16.7 Å². The highest BCUT2D eigenvalue weighted by atomic mass is 16.5. The Morgan fingerprint density at radius 3 is 2.39 bits per heavy atom. The molecule has 2 unspecified atom stereocenters. The lowest BCUT2D eigenvalue weighted by Gasteiger charge is -2.42. The summed E-state index contributed by atoms with van der Waals surface area (Å²) < 4.78 is 11.8. The van der Waals surface area contributed by atoms with Crippen LogP contribution >= 0.6 is 0 Å². The number of carbonyl (C=O) groups excluding carboxylic acids is 2. The van der Waals surface area contributed by atoms with Crippen LogP contribution in [0.4, 0.5) is 0 Å². The van der Waals surface area contributed by atoms with E-state index in [0.29, 0.717) is 43.7 Å². The third-order valence-electron chi connectivity index (χ3n) is 5.92. The van der Waals surface area contributed by atoms with Gasteiger partial charge in [0.15, 0.2) is 5.78 Å². The molecule has 0 amide bonds. The van der Waals surface area contributed by atoms with Gasteiger partial charge in [0.1, 0.15) is 12.4 Å². The van der Waals surface area contributed by atoms with E-state index in [-0.39, 0.29) is 36.3 Å². The second-order valence-corrected chi connectivity index (χ2v) is 9.56. The van der Waals surface area contributed by atoms with Crippen molar-refractivity contribution >= 4 is 18.0 Å². The third kappa shape index (κ3) is 8.82. The Labute approximate surface area is 169 Å². The van der Waals surface area contributed by atoms with Crippen LogP contribution in [0.15, 0.2) is 0 Å². The zero-order valence-electron chi connectivity index (χ0n) is 18.0. The SMILES string of the molecule is CC(COC1CCC(=O)CC1)C1(CCCC(C)(C)C)COCC(=O)C1.O=CO. The summed E-state index contributed by atoms with van der Waals surface area (Å²) in [6, 6.07) is 0. The van der Waals surface area contributed by atoms with E-state index in [9.17, 15) is 9.59 Å². The number of hydrogen-bond acceptors (Lipinski definition) is 5. The number of carboxylic acid groups (broad SMARTS) is 1. The lowest BCUT2D eigenvalue weighted by atomic mass is 9.68. The molecule has 0 aromatic heterocycles. The van der Waals surface area contributed by atoms with E-state index in [2.05, 4.69) is 27.7 Å². The van der Waals surface area contributed by atoms with Crippen molar-refractivity contribution in [2.45, 2.75) is 85.2 Å². The first-order valence-corrected chi connectivity index (χ1v) is 10.4. The molecule has 0 spiro atoms. The molecule has 2 aliphatic rings. The Bertz CT molecular complexity index is 500. The van der Waals surface area contributed by atoms with Gasteiger partial charge in [0, 0.05) is 24.7 Å². The van der Waals surface area contributed by atoms with E-state index >= 15 is 0 Å². The van der Waals surface area contributed by atoms with Gasteiger partial charge in [-0.25, -0.2) is 0 Å². The van der Waals surface area contributed by atoms with Gasteiger partial charge in [-0.3, -0.25) is 14.4 Å². The van der Waals surface area contributed by atoms with E-state index in [0.717, 1.165) is 32.1 Å². The van der Waals surface area contributed by atoms with Gasteiger partial charge in [0.25, 0.3) is 6.47 Å². The molecule has 1 saturated carbocycles. The lowest BCUT2D eigenvalue weighted by Crippen LogP contribution is -2.44. The van der Waals surface area contributed by atoms with Gasteiger partial charge in [0.2, 0.25) is 0 Å². The van der Waals surface area contributed by atoms with Crippen molar-refractivity contribution in [1.29, 1.82) is 0 Å². The molecular weight excluding hydrogens is 360 g/mol. The first-order valence-electron chi connectivity index (χ1n) is 10.4. The van der Waals surface area contributed by atoms with E-state index in [4.69, 9.17) is 19.4 Å².